The van der Waals surface area contributed by atoms with Gasteiger partial charge in [0.1, 0.15) is 0 Å². The van der Waals surface area contributed by atoms with Crippen LogP contribution in [-0.2, 0) is 6.42 Å². The Labute approximate surface area is 112 Å². The molecule has 5 nitrogen and oxygen atoms in total. The lowest BCUT2D eigenvalue weighted by molar-refractivity contribution is 0.231. The van der Waals surface area contributed by atoms with Gasteiger partial charge in [0.2, 0.25) is 0 Å². The number of rotatable bonds is 6. The van der Waals surface area contributed by atoms with E-state index < -0.39 is 0 Å². The van der Waals surface area contributed by atoms with Gasteiger partial charge in [0.15, 0.2) is 0 Å². The van der Waals surface area contributed by atoms with Crippen LogP contribution in [0.4, 0.5) is 0 Å². The molecule has 0 bridgehead atoms. The lowest BCUT2D eigenvalue weighted by Crippen LogP contribution is -2.41. The number of imidazole rings is 1. The van der Waals surface area contributed by atoms with Crippen LogP contribution in [0.5, 0.6) is 0 Å². The van der Waals surface area contributed by atoms with E-state index >= 15 is 0 Å². The van der Waals surface area contributed by atoms with Crippen LogP contribution in [0.3, 0.4) is 0 Å². The number of aromatic amines is 2. The van der Waals surface area contributed by atoms with E-state index in [4.69, 9.17) is 5.11 Å². The second-order valence-corrected chi connectivity index (χ2v) is 5.49. The molecular formula is C14H21N3O2. The van der Waals surface area contributed by atoms with E-state index in [1.54, 1.807) is 0 Å². The molecule has 0 spiro atoms. The average Bonchev–Trinajstić information content (AvgIpc) is 2.68. The Morgan fingerprint density at radius 2 is 2.00 bits per heavy atom. The lowest BCUT2D eigenvalue weighted by Gasteiger charge is -2.25. The summed E-state index contributed by atoms with van der Waals surface area (Å²) in [6.45, 7) is 5.19. The lowest BCUT2D eigenvalue weighted by atomic mass is 10.0. The zero-order valence-electron chi connectivity index (χ0n) is 11.4. The van der Waals surface area contributed by atoms with Crippen molar-refractivity contribution in [3.05, 3.63) is 34.2 Å². The van der Waals surface area contributed by atoms with Crippen molar-refractivity contribution in [2.45, 2.75) is 32.2 Å². The van der Waals surface area contributed by atoms with Crippen LogP contribution in [0, 0.1) is 0 Å². The van der Waals surface area contributed by atoms with E-state index in [0.717, 1.165) is 30.4 Å². The summed E-state index contributed by atoms with van der Waals surface area (Å²) in [5.74, 6) is 0. The quantitative estimate of drug-likeness (QED) is 0.631. The highest BCUT2D eigenvalue weighted by Gasteiger charge is 2.15. The van der Waals surface area contributed by atoms with Crippen molar-refractivity contribution in [2.75, 3.05) is 13.2 Å². The Balaban J connectivity index is 1.96. The van der Waals surface area contributed by atoms with Gasteiger partial charge in [-0.05, 0) is 50.9 Å². The summed E-state index contributed by atoms with van der Waals surface area (Å²) in [5, 5.41) is 12.4. The molecule has 2 rings (SSSR count). The number of benzene rings is 1. The van der Waals surface area contributed by atoms with Crippen molar-refractivity contribution in [2.24, 2.45) is 0 Å². The van der Waals surface area contributed by atoms with Crippen molar-refractivity contribution < 1.29 is 5.11 Å². The standard InChI is InChI=1S/C14H21N3O2/c1-14(2,6-8-18)15-7-5-10-3-4-11-12(9-10)17-13(19)16-11/h3-4,9,15,18H,5-8H2,1-2H3,(H2,16,17,19). The van der Waals surface area contributed by atoms with Crippen LogP contribution in [0.1, 0.15) is 25.8 Å². The van der Waals surface area contributed by atoms with Gasteiger partial charge in [-0.2, -0.15) is 0 Å². The first-order valence-electron chi connectivity index (χ1n) is 6.57. The Morgan fingerprint density at radius 3 is 2.74 bits per heavy atom. The molecule has 0 aliphatic rings. The molecule has 0 saturated carbocycles. The van der Waals surface area contributed by atoms with Gasteiger partial charge in [-0.3, -0.25) is 0 Å². The van der Waals surface area contributed by atoms with Gasteiger partial charge in [0.25, 0.3) is 0 Å². The Bertz CT molecular complexity index is 598. The van der Waals surface area contributed by atoms with E-state index in [2.05, 4.69) is 29.1 Å². The summed E-state index contributed by atoms with van der Waals surface area (Å²) in [6.07, 6.45) is 1.62. The Morgan fingerprint density at radius 1 is 1.26 bits per heavy atom. The molecule has 1 heterocycles. The molecule has 4 N–H and O–H groups in total. The number of fused-ring (bicyclic) bond motifs is 1. The maximum atomic E-state index is 11.2. The van der Waals surface area contributed by atoms with E-state index in [-0.39, 0.29) is 17.8 Å². The molecule has 104 valence electrons. The third kappa shape index (κ3) is 3.68. The van der Waals surface area contributed by atoms with Gasteiger partial charge in [-0.15, -0.1) is 0 Å². The molecule has 0 fully saturated rings. The molecule has 5 heteroatoms. The summed E-state index contributed by atoms with van der Waals surface area (Å²) < 4.78 is 0. The van der Waals surface area contributed by atoms with Gasteiger partial charge in [-0.1, -0.05) is 6.07 Å². The van der Waals surface area contributed by atoms with Crippen LogP contribution >= 0.6 is 0 Å². The minimum Gasteiger partial charge on any atom is -0.396 e. The number of aromatic nitrogens is 2. The minimum atomic E-state index is -0.172. The topological polar surface area (TPSA) is 80.9 Å². The minimum absolute atomic E-state index is 0.0543. The Hall–Kier alpha value is -1.59. The normalized spacial score (nSPS) is 12.2. The van der Waals surface area contributed by atoms with Gasteiger partial charge in [0, 0.05) is 12.1 Å². The summed E-state index contributed by atoms with van der Waals surface area (Å²) in [6, 6.07) is 5.93. The van der Waals surface area contributed by atoms with Crippen LogP contribution in [0.25, 0.3) is 11.0 Å². The van der Waals surface area contributed by atoms with E-state index in [1.807, 2.05) is 18.2 Å². The monoisotopic (exact) mass is 263 g/mol. The molecule has 0 aliphatic carbocycles. The molecule has 2 aromatic rings. The van der Waals surface area contributed by atoms with Gasteiger partial charge in [-0.25, -0.2) is 4.79 Å². The molecule has 1 aromatic heterocycles. The third-order valence-corrected chi connectivity index (χ3v) is 3.33. The number of nitrogens with one attached hydrogen (secondary N) is 3. The van der Waals surface area contributed by atoms with Crippen molar-refractivity contribution in [3.63, 3.8) is 0 Å². The van der Waals surface area contributed by atoms with Gasteiger partial charge < -0.3 is 20.4 Å². The molecule has 0 atom stereocenters. The van der Waals surface area contributed by atoms with Gasteiger partial charge in [0.05, 0.1) is 11.0 Å². The Kier molecular flexibility index (Phi) is 4.07. The number of aliphatic hydroxyl groups excluding tert-OH is 1. The van der Waals surface area contributed by atoms with Crippen LogP contribution in [-0.4, -0.2) is 33.8 Å². The first-order chi connectivity index (χ1) is 9.00. The summed E-state index contributed by atoms with van der Waals surface area (Å²) in [7, 11) is 0. The molecule has 19 heavy (non-hydrogen) atoms. The number of hydrogen-bond acceptors (Lipinski definition) is 3. The summed E-state index contributed by atoms with van der Waals surface area (Å²) in [5.41, 5.74) is 2.63. The van der Waals surface area contributed by atoms with Crippen LogP contribution in [0.15, 0.2) is 23.0 Å². The first kappa shape index (κ1) is 13.8. The number of H-pyrrole nitrogens is 2. The van der Waals surface area contributed by atoms with E-state index in [0.29, 0.717) is 0 Å². The van der Waals surface area contributed by atoms with Gasteiger partial charge >= 0.3 is 5.69 Å². The van der Waals surface area contributed by atoms with Crippen molar-refractivity contribution in [1.29, 1.82) is 0 Å². The highest BCUT2D eigenvalue weighted by atomic mass is 16.3. The number of aliphatic hydroxyl groups is 1. The highest BCUT2D eigenvalue weighted by molar-refractivity contribution is 5.74. The van der Waals surface area contributed by atoms with E-state index in [1.165, 1.54) is 5.56 Å². The maximum Gasteiger partial charge on any atom is 0.323 e. The first-order valence-corrected chi connectivity index (χ1v) is 6.57. The highest BCUT2D eigenvalue weighted by Crippen LogP contribution is 2.11. The third-order valence-electron chi connectivity index (χ3n) is 3.33. The smallest absolute Gasteiger partial charge is 0.323 e. The molecule has 1 aromatic carbocycles. The van der Waals surface area contributed by atoms with E-state index in [9.17, 15) is 4.79 Å². The molecule has 0 unspecified atom stereocenters. The summed E-state index contributed by atoms with van der Waals surface area (Å²) in [4.78, 5) is 16.7. The fraction of sp³-hybridized carbons (Fsp3) is 0.500. The molecule has 0 aliphatic heterocycles. The fourth-order valence-corrected chi connectivity index (χ4v) is 2.15. The van der Waals surface area contributed by atoms with Crippen molar-refractivity contribution in [3.8, 4) is 0 Å². The molecule has 0 radical (unpaired) electrons. The molecular weight excluding hydrogens is 242 g/mol. The predicted octanol–water partition coefficient (Wildman–Crippen LogP) is 1.15. The van der Waals surface area contributed by atoms with Crippen molar-refractivity contribution in [1.82, 2.24) is 15.3 Å². The predicted molar refractivity (Wildman–Crippen MR) is 76.4 cm³/mol. The maximum absolute atomic E-state index is 11.2. The SMILES string of the molecule is CC(C)(CCO)NCCc1ccc2[nH]c(=O)[nH]c2c1. The van der Waals surface area contributed by atoms with Crippen LogP contribution in [0.2, 0.25) is 0 Å². The zero-order valence-corrected chi connectivity index (χ0v) is 11.4. The second-order valence-electron chi connectivity index (χ2n) is 5.49. The van der Waals surface area contributed by atoms with Crippen molar-refractivity contribution >= 4 is 11.0 Å². The fourth-order valence-electron chi connectivity index (χ4n) is 2.15. The summed E-state index contributed by atoms with van der Waals surface area (Å²) >= 11 is 0. The zero-order chi connectivity index (χ0) is 13.9. The second kappa shape index (κ2) is 5.59. The number of hydrogen-bond donors (Lipinski definition) is 4. The average molecular weight is 263 g/mol. The molecule has 0 amide bonds. The van der Waals surface area contributed by atoms with Crippen LogP contribution < -0.4 is 11.0 Å². The molecule has 0 saturated heterocycles. The largest absolute Gasteiger partial charge is 0.396 e.